The van der Waals surface area contributed by atoms with Crippen LogP contribution in [0.3, 0.4) is 0 Å². The lowest BCUT2D eigenvalue weighted by Crippen LogP contribution is -2.49. The van der Waals surface area contributed by atoms with E-state index in [-0.39, 0.29) is 5.91 Å². The second kappa shape index (κ2) is 9.85. The van der Waals surface area contributed by atoms with E-state index in [0.717, 1.165) is 45.1 Å². The fourth-order valence-corrected chi connectivity index (χ4v) is 4.90. The van der Waals surface area contributed by atoms with Gasteiger partial charge < -0.3 is 9.80 Å². The molecule has 1 amide bonds. The van der Waals surface area contributed by atoms with E-state index in [4.69, 9.17) is 9.97 Å². The van der Waals surface area contributed by atoms with Gasteiger partial charge in [0.1, 0.15) is 11.6 Å². The lowest BCUT2D eigenvalue weighted by Gasteiger charge is -2.36. The average Bonchev–Trinajstić information content (AvgIpc) is 3.38. The number of hydrogen-bond acceptors (Lipinski definition) is 5. The minimum Gasteiger partial charge on any atom is -0.352 e. The van der Waals surface area contributed by atoms with Gasteiger partial charge in [-0.25, -0.2) is 14.6 Å². The van der Waals surface area contributed by atoms with E-state index in [9.17, 15) is 4.79 Å². The number of aromatic nitrogens is 4. The second-order valence-corrected chi connectivity index (χ2v) is 9.35. The zero-order chi connectivity index (χ0) is 25.2. The van der Waals surface area contributed by atoms with Crippen molar-refractivity contribution in [2.45, 2.75) is 13.3 Å². The fraction of sp³-hybridized carbons (Fsp3) is 0.200. The standard InChI is InChI=1S/C30H28N6O/c1-22-10-8-9-15-25(22)30(37)35-18-16-34(17-19-35)28-26-21-31-36(24-13-6-3-7-14-24)29(26)33-27(32-28)20-23-11-4-2-5-12-23/h2-15,21H,16-20H2,1H3. The van der Waals surface area contributed by atoms with Gasteiger partial charge in [-0.3, -0.25) is 4.79 Å². The maximum absolute atomic E-state index is 13.2. The summed E-state index contributed by atoms with van der Waals surface area (Å²) in [5.41, 5.74) is 4.69. The molecule has 5 aromatic rings. The highest BCUT2D eigenvalue weighted by Gasteiger charge is 2.26. The number of carbonyl (C=O) groups excluding carboxylic acids is 1. The Morgan fingerprint density at radius 1 is 0.811 bits per heavy atom. The van der Waals surface area contributed by atoms with Crippen LogP contribution in [-0.2, 0) is 6.42 Å². The normalized spacial score (nSPS) is 13.8. The predicted octanol–water partition coefficient (Wildman–Crippen LogP) is 4.68. The van der Waals surface area contributed by atoms with Crippen LogP contribution in [0.25, 0.3) is 16.7 Å². The average molecular weight is 489 g/mol. The number of piperazine rings is 1. The highest BCUT2D eigenvalue weighted by atomic mass is 16.2. The Labute approximate surface area is 216 Å². The number of hydrogen-bond donors (Lipinski definition) is 0. The van der Waals surface area contributed by atoms with E-state index < -0.39 is 0 Å². The quantitative estimate of drug-likeness (QED) is 0.360. The third-order valence-electron chi connectivity index (χ3n) is 6.90. The molecule has 1 fully saturated rings. The third kappa shape index (κ3) is 4.56. The zero-order valence-corrected chi connectivity index (χ0v) is 20.8. The van der Waals surface area contributed by atoms with Crippen LogP contribution in [0.1, 0.15) is 27.3 Å². The van der Waals surface area contributed by atoms with Crippen molar-refractivity contribution in [2.75, 3.05) is 31.1 Å². The van der Waals surface area contributed by atoms with Crippen LogP contribution in [0, 0.1) is 6.92 Å². The van der Waals surface area contributed by atoms with Crippen LogP contribution in [0.5, 0.6) is 0 Å². The van der Waals surface area contributed by atoms with Crippen LogP contribution >= 0.6 is 0 Å². The van der Waals surface area contributed by atoms with Crippen molar-refractivity contribution in [3.63, 3.8) is 0 Å². The van der Waals surface area contributed by atoms with Crippen molar-refractivity contribution in [2.24, 2.45) is 0 Å². The van der Waals surface area contributed by atoms with Gasteiger partial charge in [0.2, 0.25) is 0 Å². The molecule has 7 nitrogen and oxygen atoms in total. The van der Waals surface area contributed by atoms with Gasteiger partial charge in [-0.15, -0.1) is 0 Å². The van der Waals surface area contributed by atoms with Crippen LogP contribution < -0.4 is 4.90 Å². The number of benzene rings is 3. The molecule has 0 aliphatic carbocycles. The Hall–Kier alpha value is -4.52. The summed E-state index contributed by atoms with van der Waals surface area (Å²) in [4.78, 5) is 27.3. The first-order valence-corrected chi connectivity index (χ1v) is 12.6. The minimum absolute atomic E-state index is 0.0900. The van der Waals surface area contributed by atoms with Gasteiger partial charge >= 0.3 is 0 Å². The lowest BCUT2D eigenvalue weighted by atomic mass is 10.1. The Bertz CT molecular complexity index is 1540. The summed E-state index contributed by atoms with van der Waals surface area (Å²) in [6.45, 7) is 4.66. The Balaban J connectivity index is 1.33. The Kier molecular flexibility index (Phi) is 6.10. The molecule has 0 bridgehead atoms. The molecule has 1 aliphatic rings. The number of nitrogens with zero attached hydrogens (tertiary/aromatic N) is 6. The molecule has 1 saturated heterocycles. The van der Waals surface area contributed by atoms with Crippen molar-refractivity contribution < 1.29 is 4.79 Å². The first-order valence-electron chi connectivity index (χ1n) is 12.6. The maximum Gasteiger partial charge on any atom is 0.254 e. The lowest BCUT2D eigenvalue weighted by molar-refractivity contribution is 0.0746. The molecular weight excluding hydrogens is 460 g/mol. The van der Waals surface area contributed by atoms with Gasteiger partial charge in [0.25, 0.3) is 5.91 Å². The van der Waals surface area contributed by atoms with E-state index in [2.05, 4.69) is 22.1 Å². The smallest absolute Gasteiger partial charge is 0.254 e. The Morgan fingerprint density at radius 3 is 2.22 bits per heavy atom. The SMILES string of the molecule is Cc1ccccc1C(=O)N1CCN(c2nc(Cc3ccccc3)nc3c2cnn3-c2ccccc2)CC1. The summed E-state index contributed by atoms with van der Waals surface area (Å²) in [7, 11) is 0. The molecule has 3 heterocycles. The summed E-state index contributed by atoms with van der Waals surface area (Å²) in [6, 6.07) is 28.1. The molecule has 0 saturated carbocycles. The molecule has 2 aromatic heterocycles. The summed E-state index contributed by atoms with van der Waals surface area (Å²) in [5.74, 6) is 1.72. The van der Waals surface area contributed by atoms with E-state index in [1.165, 1.54) is 0 Å². The fourth-order valence-electron chi connectivity index (χ4n) is 4.90. The van der Waals surface area contributed by atoms with Gasteiger partial charge in [-0.05, 0) is 36.2 Å². The second-order valence-electron chi connectivity index (χ2n) is 9.35. The molecular formula is C30H28N6O. The van der Waals surface area contributed by atoms with Crippen LogP contribution in [0.2, 0.25) is 0 Å². The van der Waals surface area contributed by atoms with Crippen LogP contribution in [0.4, 0.5) is 5.82 Å². The molecule has 0 unspecified atom stereocenters. The van der Waals surface area contributed by atoms with Gasteiger partial charge in [-0.2, -0.15) is 5.10 Å². The van der Waals surface area contributed by atoms with Crippen LogP contribution in [-0.4, -0.2) is 56.7 Å². The van der Waals surface area contributed by atoms with Crippen molar-refractivity contribution in [3.05, 3.63) is 114 Å². The van der Waals surface area contributed by atoms with Crippen molar-refractivity contribution >= 4 is 22.8 Å². The highest BCUT2D eigenvalue weighted by molar-refractivity contribution is 5.96. The number of rotatable bonds is 5. The molecule has 6 rings (SSSR count). The van der Waals surface area contributed by atoms with Gasteiger partial charge in [-0.1, -0.05) is 66.7 Å². The molecule has 3 aromatic carbocycles. The van der Waals surface area contributed by atoms with Gasteiger partial charge in [0.05, 0.1) is 17.3 Å². The van der Waals surface area contributed by atoms with E-state index in [1.807, 2.05) is 95.5 Å². The number of para-hydroxylation sites is 1. The maximum atomic E-state index is 13.2. The topological polar surface area (TPSA) is 67.2 Å². The third-order valence-corrected chi connectivity index (χ3v) is 6.90. The number of anilines is 1. The first-order chi connectivity index (χ1) is 18.2. The number of amides is 1. The molecule has 0 N–H and O–H groups in total. The molecule has 0 spiro atoms. The molecule has 0 radical (unpaired) electrons. The van der Waals surface area contributed by atoms with Crippen molar-refractivity contribution in [3.8, 4) is 5.69 Å². The zero-order valence-electron chi connectivity index (χ0n) is 20.8. The van der Waals surface area contributed by atoms with Crippen LogP contribution in [0.15, 0.2) is 91.1 Å². The molecule has 1 aliphatic heterocycles. The predicted molar refractivity (Wildman–Crippen MR) is 145 cm³/mol. The van der Waals surface area contributed by atoms with Crippen molar-refractivity contribution in [1.29, 1.82) is 0 Å². The summed E-state index contributed by atoms with van der Waals surface area (Å²) < 4.78 is 1.88. The number of aryl methyl sites for hydroxylation is 1. The van der Waals surface area contributed by atoms with E-state index in [1.54, 1.807) is 0 Å². The number of fused-ring (bicyclic) bond motifs is 1. The van der Waals surface area contributed by atoms with Gasteiger partial charge in [0, 0.05) is 38.2 Å². The monoisotopic (exact) mass is 488 g/mol. The minimum atomic E-state index is 0.0900. The number of carbonyl (C=O) groups is 1. The van der Waals surface area contributed by atoms with E-state index in [0.29, 0.717) is 32.6 Å². The summed E-state index contributed by atoms with van der Waals surface area (Å²) >= 11 is 0. The highest BCUT2D eigenvalue weighted by Crippen LogP contribution is 2.28. The first kappa shape index (κ1) is 22.9. The molecule has 37 heavy (non-hydrogen) atoms. The molecule has 184 valence electrons. The summed E-state index contributed by atoms with van der Waals surface area (Å²) in [6.07, 6.45) is 2.49. The Morgan fingerprint density at radius 2 is 1.49 bits per heavy atom. The van der Waals surface area contributed by atoms with Crippen molar-refractivity contribution in [1.82, 2.24) is 24.6 Å². The largest absolute Gasteiger partial charge is 0.352 e. The van der Waals surface area contributed by atoms with Gasteiger partial charge in [0.15, 0.2) is 5.65 Å². The molecule has 7 heteroatoms. The van der Waals surface area contributed by atoms with E-state index >= 15 is 0 Å². The molecule has 0 atom stereocenters. The summed E-state index contributed by atoms with van der Waals surface area (Å²) in [5, 5.41) is 5.60.